The Kier molecular flexibility index (Phi) is 9.48. The summed E-state index contributed by atoms with van der Waals surface area (Å²) in [5.41, 5.74) is 3.52. The summed E-state index contributed by atoms with van der Waals surface area (Å²) in [4.78, 5) is 29.5. The smallest absolute Gasteiger partial charge is 0.261 e. The third kappa shape index (κ3) is 6.35. The minimum absolute atomic E-state index is 0.0463. The van der Waals surface area contributed by atoms with Crippen LogP contribution in [-0.4, -0.2) is 23.2 Å². The molecule has 0 aromatic carbocycles. The van der Waals surface area contributed by atoms with Gasteiger partial charge in [0, 0.05) is 0 Å². The summed E-state index contributed by atoms with van der Waals surface area (Å²) in [7, 11) is 1.77. The van der Waals surface area contributed by atoms with Crippen LogP contribution in [0.5, 0.6) is 0 Å². The molecular weight excluding hydrogens is 335 g/mol. The van der Waals surface area contributed by atoms with Gasteiger partial charge in [-0.15, -0.1) is 0 Å². The Labute approximate surface area is 163 Å². The second-order valence-electron chi connectivity index (χ2n) is 6.62. The monoisotopic (exact) mass is 366 g/mol. The van der Waals surface area contributed by atoms with Crippen LogP contribution in [0, 0.1) is 6.92 Å². The lowest BCUT2D eigenvalue weighted by Gasteiger charge is -2.16. The van der Waals surface area contributed by atoms with Crippen LogP contribution in [0.4, 0.5) is 0 Å². The van der Waals surface area contributed by atoms with Crippen molar-refractivity contribution in [2.75, 3.05) is 0 Å². The van der Waals surface area contributed by atoms with Gasteiger partial charge in [-0.25, -0.2) is 0 Å². The van der Waals surface area contributed by atoms with Gasteiger partial charge in [0.15, 0.2) is 7.85 Å². The van der Waals surface area contributed by atoms with E-state index in [1.54, 1.807) is 7.85 Å². The molecule has 1 aromatic heterocycles. The van der Waals surface area contributed by atoms with Gasteiger partial charge in [0.1, 0.15) is 5.78 Å². The molecule has 0 saturated carbocycles. The number of rotatable bonds is 9. The summed E-state index contributed by atoms with van der Waals surface area (Å²) in [5, 5.41) is 0. The van der Waals surface area contributed by atoms with Crippen molar-refractivity contribution < 1.29 is 4.79 Å². The molecule has 1 aromatic rings. The molecule has 0 radical (unpaired) electrons. The number of ketones is 1. The maximum absolute atomic E-state index is 13.3. The fourth-order valence-electron chi connectivity index (χ4n) is 2.94. The number of hydrogen-bond donors (Lipinski definition) is 0. The molecular formula is C22H31BN2O2. The van der Waals surface area contributed by atoms with Crippen LogP contribution in [-0.2, 0) is 11.3 Å². The lowest BCUT2D eigenvalue weighted by molar-refractivity contribution is -0.117. The Morgan fingerprint density at radius 1 is 1.26 bits per heavy atom. The Morgan fingerprint density at radius 3 is 2.52 bits per heavy atom. The van der Waals surface area contributed by atoms with E-state index in [9.17, 15) is 9.59 Å². The number of aryl methyl sites for hydroxylation is 1. The van der Waals surface area contributed by atoms with Gasteiger partial charge in [-0.3, -0.25) is 19.1 Å². The van der Waals surface area contributed by atoms with Crippen molar-refractivity contribution in [3.63, 3.8) is 0 Å². The number of aromatic nitrogens is 2. The summed E-state index contributed by atoms with van der Waals surface area (Å²) < 4.78 is 1.47. The highest BCUT2D eigenvalue weighted by Gasteiger charge is 2.18. The SMILES string of the molecule is Bc1nc(C)c(C(=C\CCCC)/C(/C=C\C)=C/C=C\C)c(=O)n1CC(C)=O. The van der Waals surface area contributed by atoms with Crippen molar-refractivity contribution in [2.24, 2.45) is 0 Å². The summed E-state index contributed by atoms with van der Waals surface area (Å²) >= 11 is 0. The molecule has 0 amide bonds. The number of unbranched alkanes of at least 4 members (excludes halogenated alkanes) is 2. The second kappa shape index (κ2) is 11.3. The fraction of sp³-hybridized carbons (Fsp3) is 0.409. The summed E-state index contributed by atoms with van der Waals surface area (Å²) in [6.07, 6.45) is 15.0. The molecule has 0 atom stereocenters. The van der Waals surface area contributed by atoms with Crippen LogP contribution >= 0.6 is 0 Å². The summed E-state index contributed by atoms with van der Waals surface area (Å²) in [5.74, 6) is -0.0635. The van der Waals surface area contributed by atoms with Crippen LogP contribution in [0.15, 0.2) is 46.8 Å². The zero-order valence-electron chi connectivity index (χ0n) is 17.5. The number of carbonyl (C=O) groups is 1. The van der Waals surface area contributed by atoms with Gasteiger partial charge in [0.05, 0.1) is 23.5 Å². The van der Waals surface area contributed by atoms with Crippen LogP contribution in [0.2, 0.25) is 0 Å². The first-order valence-corrected chi connectivity index (χ1v) is 9.61. The summed E-state index contributed by atoms with van der Waals surface area (Å²) in [6.45, 7) is 9.46. The predicted octanol–water partition coefficient (Wildman–Crippen LogP) is 3.05. The molecule has 0 aliphatic heterocycles. The largest absolute Gasteiger partial charge is 0.298 e. The number of allylic oxidation sites excluding steroid dienone is 8. The average Bonchev–Trinajstić information content (AvgIpc) is 2.61. The zero-order chi connectivity index (χ0) is 20.4. The van der Waals surface area contributed by atoms with Gasteiger partial charge in [-0.2, -0.15) is 0 Å². The van der Waals surface area contributed by atoms with Gasteiger partial charge in [-0.05, 0) is 45.3 Å². The van der Waals surface area contributed by atoms with E-state index < -0.39 is 0 Å². The first kappa shape index (κ1) is 22.6. The first-order valence-electron chi connectivity index (χ1n) is 9.61. The van der Waals surface area contributed by atoms with E-state index in [-0.39, 0.29) is 17.9 Å². The lowest BCUT2D eigenvalue weighted by Crippen LogP contribution is -2.40. The number of nitrogens with zero attached hydrogens (tertiary/aromatic N) is 2. The highest BCUT2D eigenvalue weighted by molar-refractivity contribution is 6.29. The van der Waals surface area contributed by atoms with Gasteiger partial charge < -0.3 is 0 Å². The Balaban J connectivity index is 3.74. The number of hydrogen-bond acceptors (Lipinski definition) is 3. The van der Waals surface area contributed by atoms with E-state index >= 15 is 0 Å². The minimum atomic E-state index is -0.158. The highest BCUT2D eigenvalue weighted by atomic mass is 16.1. The van der Waals surface area contributed by atoms with Crippen LogP contribution < -0.4 is 11.3 Å². The molecule has 4 nitrogen and oxygen atoms in total. The second-order valence-corrected chi connectivity index (χ2v) is 6.62. The van der Waals surface area contributed by atoms with E-state index in [0.29, 0.717) is 17.0 Å². The normalized spacial score (nSPS) is 13.1. The van der Waals surface area contributed by atoms with E-state index in [1.807, 2.05) is 51.2 Å². The van der Waals surface area contributed by atoms with Gasteiger partial charge in [-0.1, -0.05) is 56.2 Å². The number of Topliss-reactive ketones (excluding diaryl/α,β-unsaturated/α-hetero) is 1. The van der Waals surface area contributed by atoms with Crippen LogP contribution in [0.25, 0.3) is 5.57 Å². The zero-order valence-corrected chi connectivity index (χ0v) is 17.5. The van der Waals surface area contributed by atoms with Gasteiger partial charge in [0.2, 0.25) is 0 Å². The topological polar surface area (TPSA) is 52.0 Å². The molecule has 0 bridgehead atoms. The van der Waals surface area contributed by atoms with Gasteiger partial charge in [0.25, 0.3) is 5.56 Å². The van der Waals surface area contributed by atoms with Crippen molar-refractivity contribution in [1.29, 1.82) is 0 Å². The molecule has 0 aliphatic carbocycles. The Hall–Kier alpha value is -2.43. The first-order chi connectivity index (χ1) is 12.9. The Bertz CT molecular complexity index is 843. The fourth-order valence-corrected chi connectivity index (χ4v) is 2.94. The van der Waals surface area contributed by atoms with E-state index in [0.717, 1.165) is 30.4 Å². The Morgan fingerprint density at radius 2 is 1.96 bits per heavy atom. The van der Waals surface area contributed by atoms with Crippen molar-refractivity contribution >= 4 is 24.9 Å². The predicted molar refractivity (Wildman–Crippen MR) is 117 cm³/mol. The quantitative estimate of drug-likeness (QED) is 0.384. The molecule has 0 fully saturated rings. The van der Waals surface area contributed by atoms with E-state index in [2.05, 4.69) is 18.0 Å². The molecule has 0 spiro atoms. The molecule has 1 heterocycles. The lowest BCUT2D eigenvalue weighted by atomic mass is 9.94. The van der Waals surface area contributed by atoms with Crippen LogP contribution in [0.1, 0.15) is 58.2 Å². The van der Waals surface area contributed by atoms with Crippen molar-refractivity contribution in [3.8, 4) is 0 Å². The summed E-state index contributed by atoms with van der Waals surface area (Å²) in [6, 6.07) is 0. The highest BCUT2D eigenvalue weighted by Crippen LogP contribution is 2.25. The van der Waals surface area contributed by atoms with Crippen molar-refractivity contribution in [3.05, 3.63) is 63.6 Å². The number of carbonyl (C=O) groups excluding carboxylic acids is 1. The minimum Gasteiger partial charge on any atom is -0.298 e. The van der Waals surface area contributed by atoms with E-state index in [4.69, 9.17) is 0 Å². The molecule has 0 aliphatic rings. The standard InChI is InChI=1S/C22H31BN2O2/c1-6-9-11-14-19(18(12-8-3)13-10-7-2)20-17(5)24-22(23)25(21(20)27)15-16(4)26/h7-8,10,12-14H,6,9,11,15,23H2,1-5H3/b10-7-,12-8-,18-13+,19-14-. The van der Waals surface area contributed by atoms with Crippen molar-refractivity contribution in [2.45, 2.75) is 60.4 Å². The molecule has 0 N–H and O–H groups in total. The maximum atomic E-state index is 13.3. The molecule has 144 valence electrons. The van der Waals surface area contributed by atoms with Gasteiger partial charge >= 0.3 is 0 Å². The molecule has 0 saturated heterocycles. The molecule has 1 rings (SSSR count). The molecule has 27 heavy (non-hydrogen) atoms. The average molecular weight is 366 g/mol. The van der Waals surface area contributed by atoms with Crippen LogP contribution in [0.3, 0.4) is 0 Å². The van der Waals surface area contributed by atoms with Crippen molar-refractivity contribution in [1.82, 2.24) is 9.55 Å². The molecule has 0 unspecified atom stereocenters. The third-order valence-corrected chi connectivity index (χ3v) is 4.22. The third-order valence-electron chi connectivity index (χ3n) is 4.22. The molecule has 5 heteroatoms. The maximum Gasteiger partial charge on any atom is 0.261 e. The van der Waals surface area contributed by atoms with E-state index in [1.165, 1.54) is 11.5 Å².